The maximum absolute atomic E-state index is 11.0. The van der Waals surface area contributed by atoms with Crippen LogP contribution < -0.4 is 0 Å². The topological polar surface area (TPSA) is 84.6 Å². The molecular formula is C10H16N2O4. The van der Waals surface area contributed by atoms with Crippen LogP contribution in [0.3, 0.4) is 0 Å². The number of aliphatic hydroxyl groups is 1. The van der Waals surface area contributed by atoms with Gasteiger partial charge in [-0.05, 0) is 13.3 Å². The minimum Gasteiger partial charge on any atom is -0.479 e. The molecule has 6 nitrogen and oxygen atoms in total. The summed E-state index contributed by atoms with van der Waals surface area (Å²) in [6, 6.07) is 0. The van der Waals surface area contributed by atoms with Gasteiger partial charge in [-0.1, -0.05) is 0 Å². The maximum atomic E-state index is 11.0. The molecule has 0 aliphatic rings. The monoisotopic (exact) mass is 228 g/mol. The molecule has 0 saturated heterocycles. The number of hydrogen-bond donors (Lipinski definition) is 2. The number of aryl methyl sites for hydroxylation is 1. The molecular weight excluding hydrogens is 212 g/mol. The van der Waals surface area contributed by atoms with Gasteiger partial charge >= 0.3 is 5.97 Å². The van der Waals surface area contributed by atoms with E-state index in [4.69, 9.17) is 14.9 Å². The smallest absolute Gasteiger partial charge is 0.339 e. The number of carboxylic acid groups (broad SMARTS) is 1. The lowest BCUT2D eigenvalue weighted by Gasteiger charge is -2.14. The minimum atomic E-state index is -1.05. The Morgan fingerprint density at radius 3 is 3.00 bits per heavy atom. The molecule has 0 radical (unpaired) electrons. The van der Waals surface area contributed by atoms with Gasteiger partial charge in [0, 0.05) is 13.2 Å². The van der Waals surface area contributed by atoms with E-state index < -0.39 is 12.1 Å². The zero-order chi connectivity index (χ0) is 12.0. The second kappa shape index (κ2) is 6.24. The highest BCUT2D eigenvalue weighted by atomic mass is 16.5. The molecule has 0 aromatic carbocycles. The van der Waals surface area contributed by atoms with Crippen molar-refractivity contribution in [3.05, 3.63) is 18.2 Å². The predicted octanol–water partition coefficient (Wildman–Crippen LogP) is 0.428. The van der Waals surface area contributed by atoms with Crippen molar-refractivity contribution >= 4 is 5.97 Å². The highest BCUT2D eigenvalue weighted by Crippen LogP contribution is 2.17. The third kappa shape index (κ3) is 3.04. The third-order valence-corrected chi connectivity index (χ3v) is 2.17. The summed E-state index contributed by atoms with van der Waals surface area (Å²) in [6.07, 6.45) is 2.46. The Labute approximate surface area is 93.5 Å². The molecule has 1 unspecified atom stereocenters. The van der Waals surface area contributed by atoms with Crippen molar-refractivity contribution in [3.8, 4) is 0 Å². The van der Waals surface area contributed by atoms with Crippen LogP contribution in [0.4, 0.5) is 0 Å². The first-order valence-corrected chi connectivity index (χ1v) is 5.16. The average molecular weight is 228 g/mol. The van der Waals surface area contributed by atoms with Crippen LogP contribution in [0.1, 0.15) is 25.1 Å². The summed E-state index contributed by atoms with van der Waals surface area (Å²) in [5.74, 6) is -1.05. The molecule has 1 atom stereocenters. The Morgan fingerprint density at radius 1 is 1.69 bits per heavy atom. The van der Waals surface area contributed by atoms with E-state index in [2.05, 4.69) is 4.98 Å². The number of rotatable bonds is 7. The zero-order valence-electron chi connectivity index (χ0n) is 9.17. The molecule has 1 aromatic rings. The second-order valence-electron chi connectivity index (χ2n) is 3.27. The van der Waals surface area contributed by atoms with Crippen molar-refractivity contribution in [1.29, 1.82) is 0 Å². The second-order valence-corrected chi connectivity index (χ2v) is 3.27. The summed E-state index contributed by atoms with van der Waals surface area (Å²) in [5.41, 5.74) is 0.521. The quantitative estimate of drug-likeness (QED) is 0.661. The molecule has 1 aromatic heterocycles. The number of carbonyl (C=O) groups is 1. The van der Waals surface area contributed by atoms with Crippen LogP contribution >= 0.6 is 0 Å². The summed E-state index contributed by atoms with van der Waals surface area (Å²) in [4.78, 5) is 14.9. The van der Waals surface area contributed by atoms with Crippen LogP contribution in [0.15, 0.2) is 12.5 Å². The largest absolute Gasteiger partial charge is 0.479 e. The Balaban J connectivity index is 2.73. The van der Waals surface area contributed by atoms with Gasteiger partial charge in [0.15, 0.2) is 6.10 Å². The van der Waals surface area contributed by atoms with Gasteiger partial charge in [-0.25, -0.2) is 9.78 Å². The van der Waals surface area contributed by atoms with E-state index in [1.54, 1.807) is 10.9 Å². The standard InChI is InChI=1S/C10H16N2O4/c1-2-12-7-11-6-8(12)9(10(14)15)16-5-3-4-13/h6-7,9,13H,2-5H2,1H3,(H,14,15). The number of aromatic nitrogens is 2. The lowest BCUT2D eigenvalue weighted by atomic mass is 10.2. The van der Waals surface area contributed by atoms with Crippen molar-refractivity contribution in [2.24, 2.45) is 0 Å². The van der Waals surface area contributed by atoms with Gasteiger partial charge < -0.3 is 19.5 Å². The van der Waals surface area contributed by atoms with E-state index in [1.165, 1.54) is 6.20 Å². The summed E-state index contributed by atoms with van der Waals surface area (Å²) in [5, 5.41) is 17.6. The Kier molecular flexibility index (Phi) is 4.94. The Hall–Kier alpha value is -1.40. The normalized spacial score (nSPS) is 12.6. The molecule has 0 amide bonds. The van der Waals surface area contributed by atoms with Crippen LogP contribution in [0.25, 0.3) is 0 Å². The third-order valence-electron chi connectivity index (χ3n) is 2.17. The first-order chi connectivity index (χ1) is 7.70. The first kappa shape index (κ1) is 12.7. The molecule has 0 bridgehead atoms. The predicted molar refractivity (Wildman–Crippen MR) is 55.9 cm³/mol. The highest BCUT2D eigenvalue weighted by molar-refractivity contribution is 5.73. The van der Waals surface area contributed by atoms with Crippen LogP contribution in [0.5, 0.6) is 0 Å². The number of imidazole rings is 1. The molecule has 0 saturated carbocycles. The van der Waals surface area contributed by atoms with E-state index >= 15 is 0 Å². The molecule has 90 valence electrons. The van der Waals surface area contributed by atoms with E-state index in [9.17, 15) is 4.79 Å². The molecule has 16 heavy (non-hydrogen) atoms. The SMILES string of the molecule is CCn1cncc1C(OCCCO)C(=O)O. The molecule has 2 N–H and O–H groups in total. The van der Waals surface area contributed by atoms with Gasteiger partial charge in [0.05, 0.1) is 24.8 Å². The molecule has 1 heterocycles. The van der Waals surface area contributed by atoms with E-state index in [1.807, 2.05) is 6.92 Å². The molecule has 0 fully saturated rings. The first-order valence-electron chi connectivity index (χ1n) is 5.16. The fraction of sp³-hybridized carbons (Fsp3) is 0.600. The molecule has 0 aliphatic heterocycles. The van der Waals surface area contributed by atoms with Gasteiger partial charge in [-0.3, -0.25) is 0 Å². The summed E-state index contributed by atoms with van der Waals surface area (Å²) >= 11 is 0. The number of ether oxygens (including phenoxy) is 1. The summed E-state index contributed by atoms with van der Waals surface area (Å²) in [6.45, 7) is 2.74. The number of aliphatic carboxylic acids is 1. The van der Waals surface area contributed by atoms with Crippen LogP contribution in [-0.4, -0.2) is 38.9 Å². The fourth-order valence-electron chi connectivity index (χ4n) is 1.36. The zero-order valence-corrected chi connectivity index (χ0v) is 9.17. The van der Waals surface area contributed by atoms with E-state index in [0.29, 0.717) is 18.7 Å². The number of hydrogen-bond acceptors (Lipinski definition) is 4. The van der Waals surface area contributed by atoms with E-state index in [0.717, 1.165) is 0 Å². The Bertz CT molecular complexity index is 337. The molecule has 0 spiro atoms. The van der Waals surface area contributed by atoms with Crippen LogP contribution in [0.2, 0.25) is 0 Å². The molecule has 6 heteroatoms. The number of aliphatic hydroxyl groups excluding tert-OH is 1. The molecule has 0 aliphatic carbocycles. The number of nitrogens with zero attached hydrogens (tertiary/aromatic N) is 2. The Morgan fingerprint density at radius 2 is 2.44 bits per heavy atom. The van der Waals surface area contributed by atoms with Crippen molar-refractivity contribution < 1.29 is 19.7 Å². The van der Waals surface area contributed by atoms with Gasteiger partial charge in [0.1, 0.15) is 0 Å². The van der Waals surface area contributed by atoms with Crippen LogP contribution in [0, 0.1) is 0 Å². The van der Waals surface area contributed by atoms with Crippen molar-refractivity contribution in [2.75, 3.05) is 13.2 Å². The summed E-state index contributed by atoms with van der Waals surface area (Å²) < 4.78 is 6.93. The van der Waals surface area contributed by atoms with Gasteiger partial charge in [-0.15, -0.1) is 0 Å². The van der Waals surface area contributed by atoms with Gasteiger partial charge in [0.2, 0.25) is 0 Å². The summed E-state index contributed by atoms with van der Waals surface area (Å²) in [7, 11) is 0. The van der Waals surface area contributed by atoms with Crippen LogP contribution in [-0.2, 0) is 16.1 Å². The maximum Gasteiger partial charge on any atom is 0.339 e. The lowest BCUT2D eigenvalue weighted by molar-refractivity contribution is -0.151. The average Bonchev–Trinajstić information content (AvgIpc) is 2.71. The lowest BCUT2D eigenvalue weighted by Crippen LogP contribution is -2.19. The van der Waals surface area contributed by atoms with Crippen molar-refractivity contribution in [2.45, 2.75) is 26.0 Å². The number of carboxylic acids is 1. The fourth-order valence-corrected chi connectivity index (χ4v) is 1.36. The van der Waals surface area contributed by atoms with Gasteiger partial charge in [0.25, 0.3) is 0 Å². The van der Waals surface area contributed by atoms with Crippen molar-refractivity contribution in [1.82, 2.24) is 9.55 Å². The highest BCUT2D eigenvalue weighted by Gasteiger charge is 2.23. The van der Waals surface area contributed by atoms with Gasteiger partial charge in [-0.2, -0.15) is 0 Å². The van der Waals surface area contributed by atoms with Crippen molar-refractivity contribution in [3.63, 3.8) is 0 Å². The minimum absolute atomic E-state index is 0.0145. The molecule has 1 rings (SSSR count). The van der Waals surface area contributed by atoms with E-state index in [-0.39, 0.29) is 13.2 Å².